The summed E-state index contributed by atoms with van der Waals surface area (Å²) in [6, 6.07) is 6.25. The smallest absolute Gasteiger partial charge is 0.321 e. The zero-order valence-electron chi connectivity index (χ0n) is 14.9. The van der Waals surface area contributed by atoms with Crippen molar-refractivity contribution in [3.8, 4) is 0 Å². The minimum absolute atomic E-state index is 0.0401. The third kappa shape index (κ3) is 4.83. The van der Waals surface area contributed by atoms with Crippen molar-refractivity contribution in [2.24, 2.45) is 0 Å². The highest BCUT2D eigenvalue weighted by Crippen LogP contribution is 2.21. The van der Waals surface area contributed by atoms with Crippen LogP contribution in [0.4, 0.5) is 4.79 Å². The summed E-state index contributed by atoms with van der Waals surface area (Å²) in [5.41, 5.74) is 0.372. The standard InChI is InChI=1S/C17H22N4O4S/c1-4-18-16(24)20-14(22)10-26-17-19-13-8-6-5-7-12(13)15(23)21(17)11(2)9-25-3/h5-8,11H,4,9-10H2,1-3H3,(H2,18,20,22,24)/t11-/m0/s1. The van der Waals surface area contributed by atoms with E-state index in [1.807, 2.05) is 6.92 Å². The maximum Gasteiger partial charge on any atom is 0.321 e. The van der Waals surface area contributed by atoms with Crippen LogP contribution in [0.5, 0.6) is 0 Å². The summed E-state index contributed by atoms with van der Waals surface area (Å²) in [6.45, 7) is 4.36. The van der Waals surface area contributed by atoms with Crippen LogP contribution in [-0.2, 0) is 9.53 Å². The number of urea groups is 1. The van der Waals surface area contributed by atoms with Gasteiger partial charge in [-0.15, -0.1) is 0 Å². The monoisotopic (exact) mass is 378 g/mol. The van der Waals surface area contributed by atoms with Crippen molar-refractivity contribution in [1.82, 2.24) is 20.2 Å². The zero-order chi connectivity index (χ0) is 19.1. The van der Waals surface area contributed by atoms with Gasteiger partial charge in [0.25, 0.3) is 5.56 Å². The molecule has 1 aromatic heterocycles. The number of methoxy groups -OCH3 is 1. The van der Waals surface area contributed by atoms with Gasteiger partial charge >= 0.3 is 6.03 Å². The van der Waals surface area contributed by atoms with Gasteiger partial charge in [-0.3, -0.25) is 19.5 Å². The Morgan fingerprint density at radius 3 is 2.77 bits per heavy atom. The van der Waals surface area contributed by atoms with Gasteiger partial charge in [0.05, 0.1) is 29.3 Å². The summed E-state index contributed by atoms with van der Waals surface area (Å²) in [5.74, 6) is -0.504. The van der Waals surface area contributed by atoms with E-state index >= 15 is 0 Å². The SMILES string of the molecule is CCNC(=O)NC(=O)CSc1nc2ccccc2c(=O)n1[C@@H](C)COC. The molecule has 0 saturated heterocycles. The third-order valence-corrected chi connectivity index (χ3v) is 4.50. The number of aromatic nitrogens is 2. The Morgan fingerprint density at radius 1 is 1.35 bits per heavy atom. The highest BCUT2D eigenvalue weighted by molar-refractivity contribution is 7.99. The molecule has 2 N–H and O–H groups in total. The van der Waals surface area contributed by atoms with Crippen molar-refractivity contribution in [2.75, 3.05) is 26.0 Å². The molecule has 0 radical (unpaired) electrons. The average Bonchev–Trinajstić information content (AvgIpc) is 2.60. The molecule has 1 atom stereocenters. The summed E-state index contributed by atoms with van der Waals surface area (Å²) in [7, 11) is 1.56. The van der Waals surface area contributed by atoms with E-state index in [0.29, 0.717) is 29.2 Å². The van der Waals surface area contributed by atoms with Crippen molar-refractivity contribution in [3.63, 3.8) is 0 Å². The van der Waals surface area contributed by atoms with Crippen LogP contribution in [0, 0.1) is 0 Å². The second kappa shape index (κ2) is 9.35. The lowest BCUT2D eigenvalue weighted by Crippen LogP contribution is -2.40. The largest absolute Gasteiger partial charge is 0.383 e. The Hall–Kier alpha value is -2.39. The van der Waals surface area contributed by atoms with Crippen molar-refractivity contribution >= 4 is 34.6 Å². The number of fused-ring (bicyclic) bond motifs is 1. The molecular weight excluding hydrogens is 356 g/mol. The number of thioether (sulfide) groups is 1. The predicted molar refractivity (Wildman–Crippen MR) is 101 cm³/mol. The molecule has 0 saturated carbocycles. The minimum atomic E-state index is -0.547. The molecule has 0 aliphatic rings. The topological polar surface area (TPSA) is 102 Å². The van der Waals surface area contributed by atoms with Crippen LogP contribution < -0.4 is 16.2 Å². The number of nitrogens with zero attached hydrogens (tertiary/aromatic N) is 2. The van der Waals surface area contributed by atoms with E-state index in [9.17, 15) is 14.4 Å². The number of hydrogen-bond donors (Lipinski definition) is 2. The summed E-state index contributed by atoms with van der Waals surface area (Å²) < 4.78 is 6.68. The van der Waals surface area contributed by atoms with Crippen molar-refractivity contribution in [1.29, 1.82) is 0 Å². The molecule has 9 heteroatoms. The highest BCUT2D eigenvalue weighted by atomic mass is 32.2. The van der Waals surface area contributed by atoms with E-state index in [1.165, 1.54) is 4.57 Å². The van der Waals surface area contributed by atoms with E-state index in [-0.39, 0.29) is 17.4 Å². The van der Waals surface area contributed by atoms with Crippen LogP contribution in [0.3, 0.4) is 0 Å². The molecule has 3 amide bonds. The van der Waals surface area contributed by atoms with Crippen molar-refractivity contribution < 1.29 is 14.3 Å². The van der Waals surface area contributed by atoms with Crippen LogP contribution in [0.25, 0.3) is 10.9 Å². The lowest BCUT2D eigenvalue weighted by molar-refractivity contribution is -0.117. The Bertz CT molecular complexity index is 852. The van der Waals surface area contributed by atoms with E-state index in [1.54, 1.807) is 38.3 Å². The van der Waals surface area contributed by atoms with Gasteiger partial charge in [0.15, 0.2) is 5.16 Å². The number of imide groups is 1. The highest BCUT2D eigenvalue weighted by Gasteiger charge is 2.18. The molecule has 0 aliphatic carbocycles. The minimum Gasteiger partial charge on any atom is -0.383 e. The summed E-state index contributed by atoms with van der Waals surface area (Å²) in [4.78, 5) is 40.7. The van der Waals surface area contributed by atoms with E-state index < -0.39 is 11.9 Å². The van der Waals surface area contributed by atoms with Gasteiger partial charge in [-0.25, -0.2) is 9.78 Å². The maximum atomic E-state index is 12.9. The molecule has 1 aromatic carbocycles. The quantitative estimate of drug-likeness (QED) is 0.560. The molecule has 2 aromatic rings. The number of para-hydroxylation sites is 1. The maximum absolute atomic E-state index is 12.9. The van der Waals surface area contributed by atoms with Gasteiger partial charge in [-0.05, 0) is 26.0 Å². The normalized spacial score (nSPS) is 12.0. The van der Waals surface area contributed by atoms with Crippen LogP contribution in [0.15, 0.2) is 34.2 Å². The molecule has 0 unspecified atom stereocenters. The van der Waals surface area contributed by atoms with Crippen LogP contribution >= 0.6 is 11.8 Å². The summed E-state index contributed by atoms with van der Waals surface area (Å²) >= 11 is 1.10. The number of nitrogens with one attached hydrogen (secondary N) is 2. The molecule has 1 heterocycles. The van der Waals surface area contributed by atoms with Crippen LogP contribution in [0.2, 0.25) is 0 Å². The van der Waals surface area contributed by atoms with Gasteiger partial charge in [-0.2, -0.15) is 0 Å². The van der Waals surface area contributed by atoms with Gasteiger partial charge in [0.1, 0.15) is 0 Å². The number of benzene rings is 1. The molecule has 2 rings (SSSR count). The molecular formula is C17H22N4O4S. The Morgan fingerprint density at radius 2 is 2.08 bits per heavy atom. The second-order valence-corrected chi connectivity index (χ2v) is 6.53. The number of amides is 3. The molecule has 0 bridgehead atoms. The van der Waals surface area contributed by atoms with Crippen molar-refractivity contribution in [2.45, 2.75) is 25.0 Å². The molecule has 8 nitrogen and oxygen atoms in total. The Kier molecular flexibility index (Phi) is 7.16. The number of ether oxygens (including phenoxy) is 1. The Balaban J connectivity index is 2.29. The first-order chi connectivity index (χ1) is 12.5. The van der Waals surface area contributed by atoms with Gasteiger partial charge in [-0.1, -0.05) is 23.9 Å². The number of carbonyl (C=O) groups excluding carboxylic acids is 2. The summed E-state index contributed by atoms with van der Waals surface area (Å²) in [5, 5.41) is 5.63. The molecule has 0 spiro atoms. The van der Waals surface area contributed by atoms with Crippen LogP contribution in [0.1, 0.15) is 19.9 Å². The molecule has 140 valence electrons. The molecule has 0 aliphatic heterocycles. The number of hydrogen-bond acceptors (Lipinski definition) is 6. The fourth-order valence-corrected chi connectivity index (χ4v) is 3.33. The van der Waals surface area contributed by atoms with Gasteiger partial charge in [0, 0.05) is 13.7 Å². The van der Waals surface area contributed by atoms with Crippen molar-refractivity contribution in [3.05, 3.63) is 34.6 Å². The van der Waals surface area contributed by atoms with E-state index in [2.05, 4.69) is 15.6 Å². The molecule has 0 fully saturated rings. The first-order valence-corrected chi connectivity index (χ1v) is 9.17. The summed E-state index contributed by atoms with van der Waals surface area (Å²) in [6.07, 6.45) is 0. The lowest BCUT2D eigenvalue weighted by Gasteiger charge is -2.18. The fraction of sp³-hybridized carbons (Fsp3) is 0.412. The number of carbonyl (C=O) groups is 2. The molecule has 26 heavy (non-hydrogen) atoms. The van der Waals surface area contributed by atoms with E-state index in [0.717, 1.165) is 11.8 Å². The number of rotatable bonds is 7. The van der Waals surface area contributed by atoms with Crippen LogP contribution in [-0.4, -0.2) is 47.5 Å². The van der Waals surface area contributed by atoms with Gasteiger partial charge in [0.2, 0.25) is 5.91 Å². The Labute approximate surface area is 155 Å². The third-order valence-electron chi connectivity index (χ3n) is 3.55. The average molecular weight is 378 g/mol. The first kappa shape index (κ1) is 19.9. The predicted octanol–water partition coefficient (Wildman–Crippen LogP) is 1.54. The second-order valence-electron chi connectivity index (χ2n) is 5.59. The lowest BCUT2D eigenvalue weighted by atomic mass is 10.2. The van der Waals surface area contributed by atoms with E-state index in [4.69, 9.17) is 4.74 Å². The fourth-order valence-electron chi connectivity index (χ4n) is 2.43. The van der Waals surface area contributed by atoms with Gasteiger partial charge < -0.3 is 10.1 Å². The first-order valence-electron chi connectivity index (χ1n) is 8.18. The zero-order valence-corrected chi connectivity index (χ0v) is 15.8.